The molecule has 0 saturated carbocycles. The Morgan fingerprint density at radius 2 is 2.10 bits per heavy atom. The van der Waals surface area contributed by atoms with Crippen molar-refractivity contribution < 1.29 is 0 Å². The highest BCUT2D eigenvalue weighted by molar-refractivity contribution is 6.30. The van der Waals surface area contributed by atoms with E-state index in [4.69, 9.17) is 11.6 Å². The van der Waals surface area contributed by atoms with Gasteiger partial charge in [0.2, 0.25) is 0 Å². The molecule has 1 atom stereocenters. The zero-order valence-electron chi connectivity index (χ0n) is 13.2. The maximum absolute atomic E-state index is 6.38. The van der Waals surface area contributed by atoms with Gasteiger partial charge in [0.15, 0.2) is 0 Å². The number of nitrogens with zero attached hydrogens (tertiary/aromatic N) is 3. The van der Waals surface area contributed by atoms with E-state index in [1.165, 1.54) is 5.56 Å². The zero-order valence-corrected chi connectivity index (χ0v) is 13.9. The lowest BCUT2D eigenvalue weighted by molar-refractivity contribution is 0.524. The van der Waals surface area contributed by atoms with Gasteiger partial charge in [-0.15, -0.1) is 0 Å². The van der Waals surface area contributed by atoms with E-state index in [0.717, 1.165) is 41.5 Å². The average molecular weight is 307 g/mol. The molecule has 0 spiro atoms. The summed E-state index contributed by atoms with van der Waals surface area (Å²) in [6.07, 6.45) is 3.75. The van der Waals surface area contributed by atoms with Gasteiger partial charge in [0, 0.05) is 30.5 Å². The molecular formula is C16H23ClN4. The van der Waals surface area contributed by atoms with E-state index >= 15 is 0 Å². The molecule has 1 unspecified atom stereocenters. The summed E-state index contributed by atoms with van der Waals surface area (Å²) >= 11 is 6.38. The Balaban J connectivity index is 2.31. The summed E-state index contributed by atoms with van der Waals surface area (Å²) in [6, 6.07) is 4.33. The average Bonchev–Trinajstić information content (AvgIpc) is 2.70. The molecule has 0 fully saturated rings. The number of rotatable bonds is 6. The molecule has 114 valence electrons. The van der Waals surface area contributed by atoms with Gasteiger partial charge in [-0.25, -0.2) is 0 Å². The molecule has 1 N–H and O–H groups in total. The van der Waals surface area contributed by atoms with Crippen molar-refractivity contribution in [3.8, 4) is 0 Å². The fourth-order valence-electron chi connectivity index (χ4n) is 2.59. The fourth-order valence-corrected chi connectivity index (χ4v) is 2.84. The number of pyridine rings is 1. The highest BCUT2D eigenvalue weighted by Gasteiger charge is 2.19. The number of hydrogen-bond acceptors (Lipinski definition) is 3. The molecule has 0 aromatic carbocycles. The van der Waals surface area contributed by atoms with Crippen LogP contribution in [0.4, 0.5) is 0 Å². The molecule has 0 aliphatic heterocycles. The van der Waals surface area contributed by atoms with Crippen molar-refractivity contribution in [2.45, 2.75) is 39.7 Å². The van der Waals surface area contributed by atoms with Gasteiger partial charge in [0.05, 0.1) is 5.69 Å². The summed E-state index contributed by atoms with van der Waals surface area (Å²) < 4.78 is 1.74. The third-order valence-corrected chi connectivity index (χ3v) is 4.21. The Morgan fingerprint density at radius 3 is 2.67 bits per heavy atom. The van der Waals surface area contributed by atoms with E-state index in [-0.39, 0.29) is 6.04 Å². The van der Waals surface area contributed by atoms with E-state index in [0.29, 0.717) is 0 Å². The van der Waals surface area contributed by atoms with Crippen LogP contribution in [0.1, 0.15) is 41.9 Å². The van der Waals surface area contributed by atoms with Crippen LogP contribution in [0.25, 0.3) is 0 Å². The number of halogens is 1. The van der Waals surface area contributed by atoms with Gasteiger partial charge < -0.3 is 5.32 Å². The summed E-state index contributed by atoms with van der Waals surface area (Å²) in [5, 5.41) is 8.72. The number of aryl methyl sites for hydroxylation is 3. The number of hydrogen-bond donors (Lipinski definition) is 1. The second-order valence-electron chi connectivity index (χ2n) is 5.37. The molecule has 0 aliphatic carbocycles. The SMILES string of the molecule is CCCNC(Cc1c(C)nn(C)c1Cl)c1cccnc1C. The Labute approximate surface area is 131 Å². The van der Waals surface area contributed by atoms with Gasteiger partial charge in [0.25, 0.3) is 0 Å². The maximum atomic E-state index is 6.38. The van der Waals surface area contributed by atoms with Gasteiger partial charge in [-0.2, -0.15) is 5.10 Å². The van der Waals surface area contributed by atoms with Crippen LogP contribution >= 0.6 is 11.6 Å². The predicted molar refractivity (Wildman–Crippen MR) is 86.7 cm³/mol. The highest BCUT2D eigenvalue weighted by Crippen LogP contribution is 2.26. The van der Waals surface area contributed by atoms with E-state index < -0.39 is 0 Å². The van der Waals surface area contributed by atoms with Crippen LogP contribution in [0.3, 0.4) is 0 Å². The van der Waals surface area contributed by atoms with Crippen LogP contribution in [0.2, 0.25) is 5.15 Å². The Bertz CT molecular complexity index is 606. The molecular weight excluding hydrogens is 284 g/mol. The van der Waals surface area contributed by atoms with Gasteiger partial charge in [0.1, 0.15) is 5.15 Å². The molecule has 2 aromatic rings. The minimum absolute atomic E-state index is 0.207. The van der Waals surface area contributed by atoms with E-state index in [2.05, 4.69) is 28.4 Å². The molecule has 0 bridgehead atoms. The summed E-state index contributed by atoms with van der Waals surface area (Å²) in [5.41, 5.74) is 4.39. The second kappa shape index (κ2) is 7.05. The Hall–Kier alpha value is -1.39. The van der Waals surface area contributed by atoms with Crippen molar-refractivity contribution in [2.75, 3.05) is 6.54 Å². The number of aromatic nitrogens is 3. The van der Waals surface area contributed by atoms with Crippen LogP contribution < -0.4 is 5.32 Å². The van der Waals surface area contributed by atoms with Crippen LogP contribution in [-0.4, -0.2) is 21.3 Å². The highest BCUT2D eigenvalue weighted by atomic mass is 35.5. The first-order chi connectivity index (χ1) is 10.0. The molecule has 21 heavy (non-hydrogen) atoms. The minimum atomic E-state index is 0.207. The molecule has 4 nitrogen and oxygen atoms in total. The lowest BCUT2D eigenvalue weighted by Gasteiger charge is -2.20. The van der Waals surface area contributed by atoms with Crippen molar-refractivity contribution in [1.82, 2.24) is 20.1 Å². The van der Waals surface area contributed by atoms with Gasteiger partial charge >= 0.3 is 0 Å². The van der Waals surface area contributed by atoms with Crippen LogP contribution in [-0.2, 0) is 13.5 Å². The third-order valence-electron chi connectivity index (χ3n) is 3.74. The summed E-state index contributed by atoms with van der Waals surface area (Å²) in [5.74, 6) is 0. The van der Waals surface area contributed by atoms with Gasteiger partial charge in [-0.3, -0.25) is 9.67 Å². The van der Waals surface area contributed by atoms with Crippen molar-refractivity contribution in [1.29, 1.82) is 0 Å². The molecule has 0 radical (unpaired) electrons. The topological polar surface area (TPSA) is 42.7 Å². The fraction of sp³-hybridized carbons (Fsp3) is 0.500. The largest absolute Gasteiger partial charge is 0.310 e. The molecule has 2 heterocycles. The van der Waals surface area contributed by atoms with E-state index in [1.807, 2.05) is 33.2 Å². The zero-order chi connectivity index (χ0) is 15.4. The van der Waals surface area contributed by atoms with Crippen molar-refractivity contribution in [2.24, 2.45) is 7.05 Å². The normalized spacial score (nSPS) is 12.6. The standard InChI is InChI=1S/C16H23ClN4/c1-5-8-19-15(13-7-6-9-18-11(13)2)10-14-12(3)20-21(4)16(14)17/h6-7,9,15,19H,5,8,10H2,1-4H3. The number of nitrogens with one attached hydrogen (secondary N) is 1. The summed E-state index contributed by atoms with van der Waals surface area (Å²) in [6.45, 7) is 7.19. The molecule has 0 aliphatic rings. The lowest BCUT2D eigenvalue weighted by atomic mass is 9.98. The van der Waals surface area contributed by atoms with Crippen LogP contribution in [0.15, 0.2) is 18.3 Å². The molecule has 0 saturated heterocycles. The first kappa shape index (κ1) is 16.0. The smallest absolute Gasteiger partial charge is 0.130 e. The predicted octanol–water partition coefficient (Wildman–Crippen LogP) is 3.37. The minimum Gasteiger partial charge on any atom is -0.310 e. The maximum Gasteiger partial charge on any atom is 0.130 e. The summed E-state index contributed by atoms with van der Waals surface area (Å²) in [4.78, 5) is 4.41. The van der Waals surface area contributed by atoms with Gasteiger partial charge in [-0.1, -0.05) is 24.6 Å². The van der Waals surface area contributed by atoms with Crippen molar-refractivity contribution in [3.05, 3.63) is 46.0 Å². The van der Waals surface area contributed by atoms with Crippen molar-refractivity contribution in [3.63, 3.8) is 0 Å². The quantitative estimate of drug-likeness (QED) is 0.890. The first-order valence-electron chi connectivity index (χ1n) is 7.37. The third kappa shape index (κ3) is 3.63. The molecule has 2 aromatic heterocycles. The molecule has 5 heteroatoms. The van der Waals surface area contributed by atoms with Crippen LogP contribution in [0.5, 0.6) is 0 Å². The second-order valence-corrected chi connectivity index (χ2v) is 5.73. The van der Waals surface area contributed by atoms with Crippen molar-refractivity contribution >= 4 is 11.6 Å². The van der Waals surface area contributed by atoms with E-state index in [1.54, 1.807) is 4.68 Å². The van der Waals surface area contributed by atoms with E-state index in [9.17, 15) is 0 Å². The molecule has 2 rings (SSSR count). The summed E-state index contributed by atoms with van der Waals surface area (Å²) in [7, 11) is 1.88. The Morgan fingerprint density at radius 1 is 1.33 bits per heavy atom. The lowest BCUT2D eigenvalue weighted by Crippen LogP contribution is -2.25. The monoisotopic (exact) mass is 306 g/mol. The Kier molecular flexibility index (Phi) is 5.37. The first-order valence-corrected chi connectivity index (χ1v) is 7.75. The van der Waals surface area contributed by atoms with Gasteiger partial charge in [-0.05, 0) is 44.9 Å². The van der Waals surface area contributed by atoms with Crippen LogP contribution in [0, 0.1) is 13.8 Å². The molecule has 0 amide bonds.